The van der Waals surface area contributed by atoms with Crippen LogP contribution in [0.3, 0.4) is 0 Å². The highest BCUT2D eigenvalue weighted by molar-refractivity contribution is 7.13. The summed E-state index contributed by atoms with van der Waals surface area (Å²) in [6, 6.07) is 1.88. The molecule has 6 rings (SSSR count). The summed E-state index contributed by atoms with van der Waals surface area (Å²) in [5, 5.41) is 2.82. The number of hydrogen-bond donors (Lipinski definition) is 0. The number of amides is 1. The molecule has 0 aliphatic carbocycles. The van der Waals surface area contributed by atoms with Crippen LogP contribution in [0.1, 0.15) is 12.8 Å². The van der Waals surface area contributed by atoms with E-state index in [0.717, 1.165) is 43.0 Å². The quantitative estimate of drug-likeness (QED) is 0.847. The van der Waals surface area contributed by atoms with Gasteiger partial charge in [0.15, 0.2) is 0 Å². The Labute approximate surface area is 137 Å². The van der Waals surface area contributed by atoms with E-state index in [1.54, 1.807) is 28.7 Å². The summed E-state index contributed by atoms with van der Waals surface area (Å²) in [7, 11) is 0. The van der Waals surface area contributed by atoms with Crippen molar-refractivity contribution >= 4 is 23.3 Å². The molecule has 7 heteroatoms. The Hall–Kier alpha value is -1.86. The van der Waals surface area contributed by atoms with Crippen molar-refractivity contribution in [3.63, 3.8) is 0 Å². The van der Waals surface area contributed by atoms with Gasteiger partial charge in [-0.1, -0.05) is 0 Å². The summed E-state index contributed by atoms with van der Waals surface area (Å²) < 4.78 is 11.5. The van der Waals surface area contributed by atoms with Crippen LogP contribution in [0.15, 0.2) is 28.3 Å². The molecule has 4 saturated heterocycles. The minimum Gasteiger partial charge on any atom is -0.448 e. The van der Waals surface area contributed by atoms with Crippen molar-refractivity contribution in [3.05, 3.63) is 23.9 Å². The third kappa shape index (κ3) is 2.03. The lowest BCUT2D eigenvalue weighted by Gasteiger charge is -2.49. The Morgan fingerprint density at radius 2 is 2.17 bits per heavy atom. The topological polar surface area (TPSA) is 58.8 Å². The summed E-state index contributed by atoms with van der Waals surface area (Å²) in [4.78, 5) is 20.7. The van der Waals surface area contributed by atoms with Crippen LogP contribution in [0, 0.1) is 5.92 Å². The van der Waals surface area contributed by atoms with Gasteiger partial charge in [0, 0.05) is 30.1 Å². The largest absolute Gasteiger partial charge is 0.448 e. The van der Waals surface area contributed by atoms with E-state index in [-0.39, 0.29) is 11.7 Å². The summed E-state index contributed by atoms with van der Waals surface area (Å²) in [5.41, 5.74) is 0.541. The van der Waals surface area contributed by atoms with Gasteiger partial charge in [0.25, 0.3) is 0 Å². The van der Waals surface area contributed by atoms with Crippen LogP contribution >= 0.6 is 11.3 Å². The zero-order chi connectivity index (χ0) is 15.4. The van der Waals surface area contributed by atoms with Crippen molar-refractivity contribution in [2.75, 3.05) is 31.1 Å². The zero-order valence-electron chi connectivity index (χ0n) is 12.6. The molecule has 2 aromatic heterocycles. The SMILES string of the molecule is O=C1O[C@]2(CN3CCC2CC3)CN1c1cc(-c2nccs2)co1. The van der Waals surface area contributed by atoms with Gasteiger partial charge in [-0.3, -0.25) is 4.90 Å². The fourth-order valence-corrected chi connectivity index (χ4v) is 4.74. The monoisotopic (exact) mass is 331 g/mol. The van der Waals surface area contributed by atoms with Gasteiger partial charge in [0.05, 0.1) is 12.1 Å². The number of rotatable bonds is 2. The number of carbonyl (C=O) groups excluding carboxylic acids is 1. The van der Waals surface area contributed by atoms with Crippen LogP contribution in [-0.4, -0.2) is 47.8 Å². The first kappa shape index (κ1) is 13.6. The smallest absolute Gasteiger partial charge is 0.417 e. The molecule has 0 saturated carbocycles. The van der Waals surface area contributed by atoms with Crippen molar-refractivity contribution < 1.29 is 13.9 Å². The molecule has 4 aliphatic heterocycles. The molecule has 2 aromatic rings. The Kier molecular flexibility index (Phi) is 2.84. The van der Waals surface area contributed by atoms with Crippen molar-refractivity contribution in [2.45, 2.75) is 18.4 Å². The van der Waals surface area contributed by atoms with Gasteiger partial charge in [-0.2, -0.15) is 0 Å². The number of fused-ring (bicyclic) bond motifs is 2. The molecule has 0 radical (unpaired) electrons. The second kappa shape index (κ2) is 4.82. The highest BCUT2D eigenvalue weighted by atomic mass is 32.1. The Balaban J connectivity index is 1.43. The molecule has 23 heavy (non-hydrogen) atoms. The predicted octanol–water partition coefficient (Wildman–Crippen LogP) is 2.82. The average Bonchev–Trinajstić information content (AvgIpc) is 3.28. The van der Waals surface area contributed by atoms with Gasteiger partial charge in [-0.15, -0.1) is 11.3 Å². The molecule has 0 unspecified atom stereocenters. The minimum atomic E-state index is -0.359. The molecule has 1 amide bonds. The Morgan fingerprint density at radius 1 is 1.30 bits per heavy atom. The van der Waals surface area contributed by atoms with E-state index in [4.69, 9.17) is 9.15 Å². The lowest BCUT2D eigenvalue weighted by atomic mass is 9.75. The maximum atomic E-state index is 12.4. The highest BCUT2D eigenvalue weighted by Crippen LogP contribution is 2.43. The summed E-state index contributed by atoms with van der Waals surface area (Å²) in [5.74, 6) is 1.02. The summed E-state index contributed by atoms with van der Waals surface area (Å²) in [6.45, 7) is 3.68. The number of aromatic nitrogens is 1. The molecule has 0 aromatic carbocycles. The van der Waals surface area contributed by atoms with Crippen LogP contribution in [0.4, 0.5) is 10.7 Å². The number of anilines is 1. The number of nitrogens with zero attached hydrogens (tertiary/aromatic N) is 3. The summed E-state index contributed by atoms with van der Waals surface area (Å²) in [6.07, 6.45) is 5.36. The van der Waals surface area contributed by atoms with Gasteiger partial charge in [0.2, 0.25) is 5.88 Å². The maximum Gasteiger partial charge on any atom is 0.417 e. The van der Waals surface area contributed by atoms with E-state index >= 15 is 0 Å². The number of carbonyl (C=O) groups is 1. The molecule has 0 N–H and O–H groups in total. The molecule has 1 atom stereocenters. The number of piperidine rings is 3. The maximum absolute atomic E-state index is 12.4. The van der Waals surface area contributed by atoms with Crippen LogP contribution in [0.5, 0.6) is 0 Å². The molecule has 1 spiro atoms. The van der Waals surface area contributed by atoms with E-state index in [1.807, 2.05) is 11.4 Å². The van der Waals surface area contributed by atoms with Gasteiger partial charge in [-0.25, -0.2) is 14.7 Å². The zero-order valence-corrected chi connectivity index (χ0v) is 13.4. The van der Waals surface area contributed by atoms with E-state index < -0.39 is 0 Å². The molecule has 4 aliphatic rings. The van der Waals surface area contributed by atoms with Crippen LogP contribution < -0.4 is 4.90 Å². The molecular weight excluding hydrogens is 314 g/mol. The van der Waals surface area contributed by atoms with Gasteiger partial charge in [0.1, 0.15) is 16.9 Å². The number of furan rings is 1. The van der Waals surface area contributed by atoms with Crippen molar-refractivity contribution in [2.24, 2.45) is 5.92 Å². The lowest BCUT2D eigenvalue weighted by Crippen LogP contribution is -2.61. The predicted molar refractivity (Wildman–Crippen MR) is 85.5 cm³/mol. The summed E-state index contributed by atoms with van der Waals surface area (Å²) >= 11 is 1.55. The normalized spacial score (nSPS) is 32.7. The third-order valence-corrected chi connectivity index (χ3v) is 6.11. The van der Waals surface area contributed by atoms with Crippen LogP contribution in [0.25, 0.3) is 10.6 Å². The van der Waals surface area contributed by atoms with E-state index in [2.05, 4.69) is 9.88 Å². The minimum absolute atomic E-state index is 0.293. The number of ether oxygens (including phenoxy) is 1. The second-order valence-electron chi connectivity index (χ2n) is 6.58. The van der Waals surface area contributed by atoms with Crippen LogP contribution in [0.2, 0.25) is 0 Å². The first-order valence-corrected chi connectivity index (χ1v) is 8.83. The first-order chi connectivity index (χ1) is 11.2. The van der Waals surface area contributed by atoms with E-state index in [0.29, 0.717) is 18.3 Å². The van der Waals surface area contributed by atoms with Crippen LogP contribution in [-0.2, 0) is 4.74 Å². The highest BCUT2D eigenvalue weighted by Gasteiger charge is 2.56. The van der Waals surface area contributed by atoms with Crippen molar-refractivity contribution in [3.8, 4) is 10.6 Å². The molecule has 4 fully saturated rings. The third-order valence-electron chi connectivity index (χ3n) is 5.29. The molecule has 6 nitrogen and oxygen atoms in total. The Bertz CT molecular complexity index is 736. The lowest BCUT2D eigenvalue weighted by molar-refractivity contribution is -0.0881. The Morgan fingerprint density at radius 3 is 2.87 bits per heavy atom. The molecule has 2 bridgehead atoms. The number of thiazole rings is 1. The molecular formula is C16H17N3O3S. The van der Waals surface area contributed by atoms with Crippen molar-refractivity contribution in [1.29, 1.82) is 0 Å². The first-order valence-electron chi connectivity index (χ1n) is 7.95. The van der Waals surface area contributed by atoms with Gasteiger partial charge >= 0.3 is 6.09 Å². The standard InChI is InChI=1S/C16H17N3O3S/c20-15-19(13-7-11(8-21-13)14-17-3-6-23-14)10-16(22-15)9-18-4-1-12(16)2-5-18/h3,6-8,12H,1-2,4-5,9-10H2/t16-/m1/s1. The van der Waals surface area contributed by atoms with Gasteiger partial charge < -0.3 is 9.15 Å². The fourth-order valence-electron chi connectivity index (χ4n) is 4.13. The van der Waals surface area contributed by atoms with E-state index in [1.165, 1.54) is 0 Å². The molecule has 120 valence electrons. The van der Waals surface area contributed by atoms with Gasteiger partial charge in [-0.05, 0) is 25.9 Å². The average molecular weight is 331 g/mol. The second-order valence-corrected chi connectivity index (χ2v) is 7.47. The fraction of sp³-hybridized carbons (Fsp3) is 0.500. The molecule has 6 heterocycles. The number of hydrogen-bond acceptors (Lipinski definition) is 6. The van der Waals surface area contributed by atoms with Crippen molar-refractivity contribution in [1.82, 2.24) is 9.88 Å². The van der Waals surface area contributed by atoms with E-state index in [9.17, 15) is 4.79 Å².